The second-order valence-corrected chi connectivity index (χ2v) is 5.55. The molecule has 0 radical (unpaired) electrons. The van der Waals surface area contributed by atoms with Gasteiger partial charge in [0.2, 0.25) is 0 Å². The first-order chi connectivity index (χ1) is 9.55. The highest BCUT2D eigenvalue weighted by atomic mass is 32.2. The number of amides is 1. The number of rotatable bonds is 6. The maximum absolute atomic E-state index is 11.8. The zero-order valence-electron chi connectivity index (χ0n) is 11.1. The van der Waals surface area contributed by atoms with Gasteiger partial charge in [0.15, 0.2) is 5.13 Å². The minimum Gasteiger partial charge on any atom is -0.427 e. The standard InChI is InChI=1S/C13H14N2O3S2/c1-4-5-6-10(18-9(2)16)7-11(17)15-13-14-8-12(19-3)20-13/h4-8H,1H2,2-3H3,(H,14,15,17). The molecule has 7 heteroatoms. The number of nitrogens with zero attached hydrogens (tertiary/aromatic N) is 1. The fraction of sp³-hybridized carbons (Fsp3) is 0.154. The third-order valence-electron chi connectivity index (χ3n) is 1.85. The Labute approximate surface area is 125 Å². The number of carbonyl (C=O) groups excluding carboxylic acids is 2. The molecule has 0 aliphatic carbocycles. The van der Waals surface area contributed by atoms with Gasteiger partial charge in [0.25, 0.3) is 5.91 Å². The van der Waals surface area contributed by atoms with Gasteiger partial charge in [-0.15, -0.1) is 11.8 Å². The molecule has 0 saturated heterocycles. The van der Waals surface area contributed by atoms with Crippen LogP contribution in [0.2, 0.25) is 0 Å². The highest BCUT2D eigenvalue weighted by molar-refractivity contribution is 8.00. The lowest BCUT2D eigenvalue weighted by atomic mass is 10.3. The fourth-order valence-corrected chi connectivity index (χ4v) is 2.40. The maximum atomic E-state index is 11.8. The Morgan fingerprint density at radius 1 is 1.55 bits per heavy atom. The summed E-state index contributed by atoms with van der Waals surface area (Å²) in [7, 11) is 0. The summed E-state index contributed by atoms with van der Waals surface area (Å²) in [5.74, 6) is -0.787. The predicted molar refractivity (Wildman–Crippen MR) is 81.7 cm³/mol. The van der Waals surface area contributed by atoms with Gasteiger partial charge in [-0.1, -0.05) is 30.1 Å². The van der Waals surface area contributed by atoms with Crippen LogP contribution in [0.4, 0.5) is 5.13 Å². The molecule has 0 atom stereocenters. The summed E-state index contributed by atoms with van der Waals surface area (Å²) in [4.78, 5) is 26.8. The van der Waals surface area contributed by atoms with Crippen LogP contribution in [0.15, 0.2) is 47.0 Å². The van der Waals surface area contributed by atoms with Crippen molar-refractivity contribution in [1.82, 2.24) is 4.98 Å². The number of nitrogens with one attached hydrogen (secondary N) is 1. The number of hydrogen-bond acceptors (Lipinski definition) is 6. The number of allylic oxidation sites excluding steroid dienone is 3. The van der Waals surface area contributed by atoms with E-state index >= 15 is 0 Å². The summed E-state index contributed by atoms with van der Waals surface area (Å²) >= 11 is 2.92. The first-order valence-corrected chi connectivity index (χ1v) is 7.59. The summed E-state index contributed by atoms with van der Waals surface area (Å²) in [5.41, 5.74) is 0. The van der Waals surface area contributed by atoms with Crippen molar-refractivity contribution in [2.24, 2.45) is 0 Å². The normalized spacial score (nSPS) is 11.4. The highest BCUT2D eigenvalue weighted by Gasteiger charge is 2.06. The van der Waals surface area contributed by atoms with E-state index in [0.29, 0.717) is 5.13 Å². The monoisotopic (exact) mass is 310 g/mol. The van der Waals surface area contributed by atoms with Gasteiger partial charge in [-0.25, -0.2) is 4.98 Å². The van der Waals surface area contributed by atoms with E-state index in [1.807, 2.05) is 6.26 Å². The zero-order valence-corrected chi connectivity index (χ0v) is 12.7. The van der Waals surface area contributed by atoms with Gasteiger partial charge in [0.05, 0.1) is 10.4 Å². The third-order valence-corrected chi connectivity index (χ3v) is 3.81. The summed E-state index contributed by atoms with van der Waals surface area (Å²) in [6.07, 6.45) is 9.35. The van der Waals surface area contributed by atoms with E-state index in [4.69, 9.17) is 4.74 Å². The Morgan fingerprint density at radius 2 is 2.30 bits per heavy atom. The van der Waals surface area contributed by atoms with E-state index in [9.17, 15) is 9.59 Å². The van der Waals surface area contributed by atoms with Gasteiger partial charge in [0.1, 0.15) is 5.76 Å². The lowest BCUT2D eigenvalue weighted by Crippen LogP contribution is -2.10. The average molecular weight is 310 g/mol. The van der Waals surface area contributed by atoms with Gasteiger partial charge in [-0.05, 0) is 12.3 Å². The molecule has 0 aromatic carbocycles. The van der Waals surface area contributed by atoms with Gasteiger partial charge in [-0.2, -0.15) is 0 Å². The molecular weight excluding hydrogens is 296 g/mol. The molecule has 1 aromatic heterocycles. The van der Waals surface area contributed by atoms with Crippen molar-refractivity contribution < 1.29 is 14.3 Å². The summed E-state index contributed by atoms with van der Waals surface area (Å²) in [6, 6.07) is 0. The molecule has 0 bridgehead atoms. The van der Waals surface area contributed by atoms with Crippen LogP contribution in [0.1, 0.15) is 6.92 Å². The van der Waals surface area contributed by atoms with Crippen molar-refractivity contribution in [1.29, 1.82) is 0 Å². The first kappa shape index (κ1) is 16.2. The van der Waals surface area contributed by atoms with Crippen molar-refractivity contribution in [3.8, 4) is 0 Å². The Kier molecular flexibility index (Phi) is 6.75. The number of esters is 1. The van der Waals surface area contributed by atoms with Crippen LogP contribution in [-0.2, 0) is 14.3 Å². The number of thiazole rings is 1. The number of hydrogen-bond donors (Lipinski definition) is 1. The average Bonchev–Trinajstić information content (AvgIpc) is 2.82. The molecule has 0 aliphatic heterocycles. The third kappa shape index (κ3) is 5.85. The lowest BCUT2D eigenvalue weighted by molar-refractivity contribution is -0.136. The van der Waals surface area contributed by atoms with E-state index in [0.717, 1.165) is 4.21 Å². The van der Waals surface area contributed by atoms with Crippen LogP contribution >= 0.6 is 23.1 Å². The SMILES string of the molecule is C=CC=CC(=CC(=O)Nc1ncc(SC)s1)OC(C)=O. The van der Waals surface area contributed by atoms with Gasteiger partial charge in [0, 0.05) is 13.0 Å². The van der Waals surface area contributed by atoms with Crippen LogP contribution < -0.4 is 5.32 Å². The van der Waals surface area contributed by atoms with Crippen molar-refractivity contribution in [2.45, 2.75) is 11.1 Å². The molecule has 0 spiro atoms. The smallest absolute Gasteiger partial charge is 0.308 e. The maximum Gasteiger partial charge on any atom is 0.308 e. The first-order valence-electron chi connectivity index (χ1n) is 5.55. The number of carbonyl (C=O) groups is 2. The van der Waals surface area contributed by atoms with E-state index in [2.05, 4.69) is 16.9 Å². The highest BCUT2D eigenvalue weighted by Crippen LogP contribution is 2.25. The molecule has 20 heavy (non-hydrogen) atoms. The van der Waals surface area contributed by atoms with Crippen LogP contribution in [0.5, 0.6) is 0 Å². The Hall–Kier alpha value is -1.86. The number of aromatic nitrogens is 1. The van der Waals surface area contributed by atoms with Crippen molar-refractivity contribution >= 4 is 40.1 Å². The zero-order chi connectivity index (χ0) is 15.0. The van der Waals surface area contributed by atoms with Crippen molar-refractivity contribution in [3.05, 3.63) is 42.8 Å². The quantitative estimate of drug-likeness (QED) is 0.288. The molecule has 1 heterocycles. The van der Waals surface area contributed by atoms with Crippen molar-refractivity contribution in [2.75, 3.05) is 11.6 Å². The molecule has 1 rings (SSSR count). The van der Waals surface area contributed by atoms with Gasteiger partial charge >= 0.3 is 5.97 Å². The number of anilines is 1. The minimum absolute atomic E-state index is 0.136. The molecule has 106 valence electrons. The van der Waals surface area contributed by atoms with E-state index in [-0.39, 0.29) is 5.76 Å². The minimum atomic E-state index is -0.503. The second kappa shape index (κ2) is 8.34. The molecule has 1 N–H and O–H groups in total. The second-order valence-electron chi connectivity index (χ2n) is 3.41. The lowest BCUT2D eigenvalue weighted by Gasteiger charge is -2.02. The molecule has 0 saturated carbocycles. The Morgan fingerprint density at radius 3 is 2.85 bits per heavy atom. The summed E-state index contributed by atoms with van der Waals surface area (Å²) < 4.78 is 5.89. The van der Waals surface area contributed by atoms with E-state index < -0.39 is 11.9 Å². The summed E-state index contributed by atoms with van der Waals surface area (Å²) in [6.45, 7) is 4.77. The molecule has 5 nitrogen and oxygen atoms in total. The van der Waals surface area contributed by atoms with Crippen LogP contribution in [0.25, 0.3) is 0 Å². The largest absolute Gasteiger partial charge is 0.427 e. The van der Waals surface area contributed by atoms with Gasteiger partial charge in [-0.3, -0.25) is 14.9 Å². The molecule has 0 aliphatic rings. The predicted octanol–water partition coefficient (Wildman–Crippen LogP) is 2.99. The molecular formula is C13H14N2O3S2. The molecule has 0 unspecified atom stereocenters. The van der Waals surface area contributed by atoms with Crippen LogP contribution in [-0.4, -0.2) is 23.1 Å². The Bertz CT molecular complexity index is 562. The fourth-order valence-electron chi connectivity index (χ4n) is 1.12. The Balaban J connectivity index is 2.76. The van der Waals surface area contributed by atoms with Crippen LogP contribution in [0, 0.1) is 0 Å². The molecule has 1 amide bonds. The van der Waals surface area contributed by atoms with Crippen molar-refractivity contribution in [3.63, 3.8) is 0 Å². The number of thioether (sulfide) groups is 1. The topological polar surface area (TPSA) is 68.3 Å². The molecule has 1 aromatic rings. The summed E-state index contributed by atoms with van der Waals surface area (Å²) in [5, 5.41) is 3.10. The van der Waals surface area contributed by atoms with Gasteiger partial charge < -0.3 is 4.74 Å². The van der Waals surface area contributed by atoms with E-state index in [1.165, 1.54) is 36.5 Å². The molecule has 0 fully saturated rings. The van der Waals surface area contributed by atoms with E-state index in [1.54, 1.807) is 24.0 Å². The number of ether oxygens (including phenoxy) is 1. The van der Waals surface area contributed by atoms with Crippen LogP contribution in [0.3, 0.4) is 0 Å².